The molecular formula is C15H15IN2O. The van der Waals surface area contributed by atoms with Crippen LogP contribution in [0.5, 0.6) is 0 Å². The van der Waals surface area contributed by atoms with Crippen molar-refractivity contribution in [1.82, 2.24) is 0 Å². The molecule has 98 valence electrons. The Hall–Kier alpha value is -1.56. The highest BCUT2D eigenvalue weighted by Gasteiger charge is 2.06. The zero-order valence-corrected chi connectivity index (χ0v) is 13.0. The average Bonchev–Trinajstić information content (AvgIpc) is 2.39. The van der Waals surface area contributed by atoms with Crippen molar-refractivity contribution in [3.05, 3.63) is 57.7 Å². The van der Waals surface area contributed by atoms with Crippen molar-refractivity contribution < 1.29 is 4.79 Å². The molecule has 2 aromatic carbocycles. The molecule has 0 aromatic heterocycles. The smallest absolute Gasteiger partial charge is 0.255 e. The lowest BCUT2D eigenvalue weighted by Crippen LogP contribution is -2.12. The third-order valence-electron chi connectivity index (χ3n) is 2.73. The Labute approximate surface area is 126 Å². The highest BCUT2D eigenvalue weighted by molar-refractivity contribution is 14.1. The molecule has 0 bridgehead atoms. The van der Waals surface area contributed by atoms with Gasteiger partial charge in [0.05, 0.1) is 0 Å². The molecule has 0 aliphatic heterocycles. The number of hydrogen-bond acceptors (Lipinski definition) is 2. The van der Waals surface area contributed by atoms with E-state index in [1.807, 2.05) is 67.5 Å². The second kappa shape index (κ2) is 6.06. The van der Waals surface area contributed by atoms with Crippen LogP contribution < -0.4 is 10.2 Å². The number of carbonyl (C=O) groups is 1. The van der Waals surface area contributed by atoms with Gasteiger partial charge in [-0.05, 0) is 65.1 Å². The van der Waals surface area contributed by atoms with Crippen LogP contribution in [0.3, 0.4) is 0 Å². The number of halogens is 1. The SMILES string of the molecule is CN(C)c1ccc(NC(=O)c2cccc(I)c2)cc1. The third kappa shape index (κ3) is 3.70. The monoisotopic (exact) mass is 366 g/mol. The maximum Gasteiger partial charge on any atom is 0.255 e. The van der Waals surface area contributed by atoms with Gasteiger partial charge >= 0.3 is 0 Å². The van der Waals surface area contributed by atoms with Crippen molar-refractivity contribution in [2.75, 3.05) is 24.3 Å². The van der Waals surface area contributed by atoms with Crippen molar-refractivity contribution in [2.45, 2.75) is 0 Å². The molecule has 2 rings (SSSR count). The molecule has 1 N–H and O–H groups in total. The number of benzene rings is 2. The van der Waals surface area contributed by atoms with E-state index < -0.39 is 0 Å². The third-order valence-corrected chi connectivity index (χ3v) is 3.40. The van der Waals surface area contributed by atoms with E-state index in [1.54, 1.807) is 0 Å². The summed E-state index contributed by atoms with van der Waals surface area (Å²) in [5, 5.41) is 2.89. The Kier molecular flexibility index (Phi) is 4.42. The Morgan fingerprint density at radius 3 is 2.37 bits per heavy atom. The molecule has 4 heteroatoms. The van der Waals surface area contributed by atoms with Gasteiger partial charge in [0.25, 0.3) is 5.91 Å². The van der Waals surface area contributed by atoms with Gasteiger partial charge in [0.2, 0.25) is 0 Å². The van der Waals surface area contributed by atoms with E-state index in [-0.39, 0.29) is 5.91 Å². The van der Waals surface area contributed by atoms with E-state index in [2.05, 4.69) is 27.9 Å². The van der Waals surface area contributed by atoms with Crippen LogP contribution in [0.15, 0.2) is 48.5 Å². The second-order valence-electron chi connectivity index (χ2n) is 4.41. The first kappa shape index (κ1) is 13.9. The van der Waals surface area contributed by atoms with Gasteiger partial charge < -0.3 is 10.2 Å². The van der Waals surface area contributed by atoms with Gasteiger partial charge in [-0.3, -0.25) is 4.79 Å². The fourth-order valence-corrected chi connectivity index (χ4v) is 2.22. The Morgan fingerprint density at radius 1 is 1.11 bits per heavy atom. The summed E-state index contributed by atoms with van der Waals surface area (Å²) in [6.45, 7) is 0. The molecule has 2 aromatic rings. The molecule has 0 unspecified atom stereocenters. The molecule has 0 heterocycles. The van der Waals surface area contributed by atoms with E-state index in [0.717, 1.165) is 14.9 Å². The summed E-state index contributed by atoms with van der Waals surface area (Å²) in [6.07, 6.45) is 0. The minimum absolute atomic E-state index is 0.0869. The van der Waals surface area contributed by atoms with Crippen LogP contribution in [0.2, 0.25) is 0 Å². The van der Waals surface area contributed by atoms with Crippen LogP contribution in [0, 0.1) is 3.57 Å². The first-order valence-electron chi connectivity index (χ1n) is 5.90. The highest BCUT2D eigenvalue weighted by Crippen LogP contribution is 2.17. The van der Waals surface area contributed by atoms with Gasteiger partial charge in [-0.25, -0.2) is 0 Å². The van der Waals surface area contributed by atoms with E-state index in [1.165, 1.54) is 0 Å². The average molecular weight is 366 g/mol. The van der Waals surface area contributed by atoms with Crippen LogP contribution in [0.1, 0.15) is 10.4 Å². The quantitative estimate of drug-likeness (QED) is 0.842. The molecule has 0 saturated heterocycles. The standard InChI is InChI=1S/C15H15IN2O/c1-18(2)14-8-6-13(7-9-14)17-15(19)11-4-3-5-12(16)10-11/h3-10H,1-2H3,(H,17,19). The van der Waals surface area contributed by atoms with Gasteiger partial charge in [-0.15, -0.1) is 0 Å². The van der Waals surface area contributed by atoms with Crippen LogP contribution in [0.25, 0.3) is 0 Å². The van der Waals surface area contributed by atoms with Crippen molar-refractivity contribution in [3.63, 3.8) is 0 Å². The summed E-state index contributed by atoms with van der Waals surface area (Å²) < 4.78 is 1.05. The lowest BCUT2D eigenvalue weighted by molar-refractivity contribution is 0.102. The van der Waals surface area contributed by atoms with Crippen molar-refractivity contribution >= 4 is 39.9 Å². The summed E-state index contributed by atoms with van der Waals surface area (Å²) >= 11 is 2.20. The predicted molar refractivity (Wildman–Crippen MR) is 87.9 cm³/mol. The van der Waals surface area contributed by atoms with Crippen molar-refractivity contribution in [1.29, 1.82) is 0 Å². The molecule has 1 amide bonds. The number of nitrogens with zero attached hydrogens (tertiary/aromatic N) is 1. The summed E-state index contributed by atoms with van der Waals surface area (Å²) in [7, 11) is 3.97. The highest BCUT2D eigenvalue weighted by atomic mass is 127. The van der Waals surface area contributed by atoms with E-state index in [4.69, 9.17) is 0 Å². The molecule has 0 fully saturated rings. The van der Waals surface area contributed by atoms with E-state index in [9.17, 15) is 4.79 Å². The van der Waals surface area contributed by atoms with Crippen LogP contribution in [0.4, 0.5) is 11.4 Å². The van der Waals surface area contributed by atoms with Crippen LogP contribution in [-0.2, 0) is 0 Å². The maximum absolute atomic E-state index is 12.1. The fourth-order valence-electron chi connectivity index (χ4n) is 1.68. The number of carbonyl (C=O) groups excluding carboxylic acids is 1. The summed E-state index contributed by atoms with van der Waals surface area (Å²) in [6, 6.07) is 15.3. The lowest BCUT2D eigenvalue weighted by Gasteiger charge is -2.13. The molecule has 0 atom stereocenters. The number of anilines is 2. The number of hydrogen-bond donors (Lipinski definition) is 1. The minimum Gasteiger partial charge on any atom is -0.378 e. The molecule has 3 nitrogen and oxygen atoms in total. The summed E-state index contributed by atoms with van der Waals surface area (Å²) in [5.41, 5.74) is 2.57. The topological polar surface area (TPSA) is 32.3 Å². The zero-order valence-electron chi connectivity index (χ0n) is 10.9. The maximum atomic E-state index is 12.1. The Morgan fingerprint density at radius 2 is 1.79 bits per heavy atom. The first-order valence-corrected chi connectivity index (χ1v) is 6.98. The van der Waals surface area contributed by atoms with Gasteiger partial charge in [0.15, 0.2) is 0 Å². The summed E-state index contributed by atoms with van der Waals surface area (Å²) in [4.78, 5) is 14.1. The number of rotatable bonds is 3. The number of nitrogens with one attached hydrogen (secondary N) is 1. The van der Waals surface area contributed by atoms with Gasteiger partial charge in [0.1, 0.15) is 0 Å². The first-order chi connectivity index (χ1) is 9.06. The second-order valence-corrected chi connectivity index (χ2v) is 5.65. The molecule has 0 aliphatic carbocycles. The molecule has 0 aliphatic rings. The van der Waals surface area contributed by atoms with Crippen LogP contribution in [-0.4, -0.2) is 20.0 Å². The van der Waals surface area contributed by atoms with Gasteiger partial charge in [-0.2, -0.15) is 0 Å². The zero-order chi connectivity index (χ0) is 13.8. The molecule has 0 saturated carbocycles. The molecule has 19 heavy (non-hydrogen) atoms. The predicted octanol–water partition coefficient (Wildman–Crippen LogP) is 3.61. The van der Waals surface area contributed by atoms with Gasteiger partial charge in [0, 0.05) is 34.6 Å². The molecule has 0 spiro atoms. The minimum atomic E-state index is -0.0869. The lowest BCUT2D eigenvalue weighted by atomic mass is 10.2. The van der Waals surface area contributed by atoms with Gasteiger partial charge in [-0.1, -0.05) is 6.07 Å². The largest absolute Gasteiger partial charge is 0.378 e. The van der Waals surface area contributed by atoms with Crippen molar-refractivity contribution in [3.8, 4) is 0 Å². The van der Waals surface area contributed by atoms with Crippen molar-refractivity contribution in [2.24, 2.45) is 0 Å². The molecular weight excluding hydrogens is 351 g/mol. The summed E-state index contributed by atoms with van der Waals surface area (Å²) in [5.74, 6) is -0.0869. The van der Waals surface area contributed by atoms with E-state index >= 15 is 0 Å². The number of amides is 1. The Bertz CT molecular complexity index is 579. The molecule has 0 radical (unpaired) electrons. The van der Waals surface area contributed by atoms with Crippen LogP contribution >= 0.6 is 22.6 Å². The fraction of sp³-hybridized carbons (Fsp3) is 0.133. The Balaban J connectivity index is 2.10. The van der Waals surface area contributed by atoms with E-state index in [0.29, 0.717) is 5.56 Å². The normalized spacial score (nSPS) is 10.1.